The molecular formula is C10H10N2O4. The number of hydrogen-bond donors (Lipinski definition) is 2. The molecule has 0 atom stereocenters. The van der Waals surface area contributed by atoms with Crippen LogP contribution < -0.4 is 10.6 Å². The molecule has 0 spiro atoms. The lowest BCUT2D eigenvalue weighted by atomic mass is 10.3. The van der Waals surface area contributed by atoms with Gasteiger partial charge in [0, 0.05) is 11.4 Å². The lowest BCUT2D eigenvalue weighted by Crippen LogP contribution is -2.15. The van der Waals surface area contributed by atoms with Crippen LogP contribution in [0.2, 0.25) is 0 Å². The number of carbonyl (C=O) groups excluding carboxylic acids is 2. The molecule has 2 amide bonds. The van der Waals surface area contributed by atoms with Gasteiger partial charge in [-0.2, -0.15) is 0 Å². The van der Waals surface area contributed by atoms with Crippen molar-refractivity contribution in [1.29, 1.82) is 0 Å². The Kier molecular flexibility index (Phi) is 4.81. The van der Waals surface area contributed by atoms with Gasteiger partial charge in [-0.15, -0.1) is 0 Å². The summed E-state index contributed by atoms with van der Waals surface area (Å²) in [5.74, 6) is 0. The molecule has 16 heavy (non-hydrogen) atoms. The van der Waals surface area contributed by atoms with Crippen LogP contribution in [0.5, 0.6) is 0 Å². The molecule has 84 valence electrons. The first-order valence-electron chi connectivity index (χ1n) is 4.51. The van der Waals surface area contributed by atoms with Gasteiger partial charge in [-0.25, -0.2) is 9.90 Å². The highest BCUT2D eigenvalue weighted by molar-refractivity contribution is 5.86. The molecule has 6 heteroatoms. The maximum Gasteiger partial charge on any atom is 0.411 e. The van der Waals surface area contributed by atoms with Gasteiger partial charge in [-0.05, 0) is 18.2 Å². The van der Waals surface area contributed by atoms with E-state index in [1.807, 2.05) is 0 Å². The quantitative estimate of drug-likeness (QED) is 0.732. The zero-order valence-electron chi connectivity index (χ0n) is 8.36. The van der Waals surface area contributed by atoms with Gasteiger partial charge in [0.2, 0.25) is 0 Å². The Labute approximate surface area is 92.2 Å². The summed E-state index contributed by atoms with van der Waals surface area (Å²) in [5.41, 5.74) is 0.952. The highest BCUT2D eigenvalue weighted by Gasteiger charge is 2.03. The fourth-order valence-corrected chi connectivity index (χ4v) is 1.02. The highest BCUT2D eigenvalue weighted by atomic mass is 16.6. The van der Waals surface area contributed by atoms with E-state index in [0.717, 1.165) is 0 Å². The molecule has 1 rings (SSSR count). The standard InChI is InChI=1S/C10H10N2O4/c13-4-5-16-10(15)12-9-3-1-2-8(6-9)11-7-14/h1-3,6H,4-5H2,(H,11,14)(H,12,15). The molecular weight excluding hydrogens is 212 g/mol. The average molecular weight is 222 g/mol. The highest BCUT2D eigenvalue weighted by Crippen LogP contribution is 2.14. The Morgan fingerprint density at radius 3 is 2.81 bits per heavy atom. The van der Waals surface area contributed by atoms with Gasteiger partial charge in [-0.3, -0.25) is 10.1 Å². The summed E-state index contributed by atoms with van der Waals surface area (Å²) in [6, 6.07) is 6.43. The molecule has 6 nitrogen and oxygen atoms in total. The van der Waals surface area contributed by atoms with E-state index < -0.39 is 12.7 Å². The molecule has 0 saturated heterocycles. The maximum absolute atomic E-state index is 11.1. The van der Waals surface area contributed by atoms with E-state index in [2.05, 4.69) is 15.4 Å². The summed E-state index contributed by atoms with van der Waals surface area (Å²) in [6.45, 7) is -0.652. The number of rotatable bonds is 5. The van der Waals surface area contributed by atoms with E-state index in [-0.39, 0.29) is 6.61 Å². The van der Waals surface area contributed by atoms with Crippen molar-refractivity contribution in [2.75, 3.05) is 23.8 Å². The third-order valence-corrected chi connectivity index (χ3v) is 1.62. The van der Waals surface area contributed by atoms with E-state index in [4.69, 9.17) is 0 Å². The summed E-state index contributed by atoms with van der Waals surface area (Å²) in [7, 11) is 0. The minimum Gasteiger partial charge on any atom is -0.447 e. The lowest BCUT2D eigenvalue weighted by Gasteiger charge is -2.06. The van der Waals surface area contributed by atoms with Crippen LogP contribution in [0.1, 0.15) is 0 Å². The summed E-state index contributed by atoms with van der Waals surface area (Å²) < 4.78 is 4.53. The predicted molar refractivity (Wildman–Crippen MR) is 56.3 cm³/mol. The molecule has 0 heterocycles. The van der Waals surface area contributed by atoms with Gasteiger partial charge in [0.25, 0.3) is 0 Å². The van der Waals surface area contributed by atoms with Crippen molar-refractivity contribution >= 4 is 23.9 Å². The normalized spacial score (nSPS) is 9.31. The monoisotopic (exact) mass is 222 g/mol. The van der Waals surface area contributed by atoms with Gasteiger partial charge in [-0.1, -0.05) is 6.07 Å². The van der Waals surface area contributed by atoms with Gasteiger partial charge in [0.05, 0.1) is 0 Å². The van der Waals surface area contributed by atoms with Crippen molar-refractivity contribution in [3.05, 3.63) is 24.3 Å². The fourth-order valence-electron chi connectivity index (χ4n) is 1.02. The van der Waals surface area contributed by atoms with Crippen molar-refractivity contribution in [2.45, 2.75) is 0 Å². The number of benzene rings is 1. The van der Waals surface area contributed by atoms with Crippen LogP contribution in [0.25, 0.3) is 0 Å². The molecule has 0 aliphatic rings. The maximum atomic E-state index is 11.1. The van der Waals surface area contributed by atoms with Crippen LogP contribution in [0.4, 0.5) is 16.2 Å². The van der Waals surface area contributed by atoms with Crippen molar-refractivity contribution in [3.63, 3.8) is 0 Å². The number of amides is 2. The van der Waals surface area contributed by atoms with Gasteiger partial charge < -0.3 is 10.1 Å². The Morgan fingerprint density at radius 1 is 1.38 bits per heavy atom. The number of hydrogen-bond acceptors (Lipinski definition) is 3. The first kappa shape index (κ1) is 12.0. The van der Waals surface area contributed by atoms with Gasteiger partial charge >= 0.3 is 12.5 Å². The molecule has 0 fully saturated rings. The van der Waals surface area contributed by atoms with Gasteiger partial charge in [0.15, 0.2) is 0 Å². The molecule has 0 aliphatic heterocycles. The second-order valence-corrected chi connectivity index (χ2v) is 2.77. The van der Waals surface area contributed by atoms with Crippen molar-refractivity contribution in [1.82, 2.24) is 0 Å². The summed E-state index contributed by atoms with van der Waals surface area (Å²) in [6.07, 6.45) is 0.808. The number of anilines is 2. The van der Waals surface area contributed by atoms with E-state index in [0.29, 0.717) is 11.4 Å². The van der Waals surface area contributed by atoms with Crippen molar-refractivity contribution < 1.29 is 19.4 Å². The largest absolute Gasteiger partial charge is 0.447 e. The van der Waals surface area contributed by atoms with Crippen LogP contribution in [0, 0.1) is 0 Å². The van der Waals surface area contributed by atoms with Crippen LogP contribution >= 0.6 is 0 Å². The van der Waals surface area contributed by atoms with Crippen LogP contribution in [0.15, 0.2) is 24.3 Å². The van der Waals surface area contributed by atoms with Crippen molar-refractivity contribution in [3.8, 4) is 0 Å². The predicted octanol–water partition coefficient (Wildman–Crippen LogP) is 1.14. The number of ether oxygens (including phenoxy) is 1. The Hall–Kier alpha value is -2.08. The zero-order chi connectivity index (χ0) is 11.8. The van der Waals surface area contributed by atoms with E-state index in [1.54, 1.807) is 18.2 Å². The molecule has 0 aliphatic carbocycles. The third-order valence-electron chi connectivity index (χ3n) is 1.62. The van der Waals surface area contributed by atoms with E-state index in [9.17, 15) is 14.7 Å². The molecule has 0 bridgehead atoms. The van der Waals surface area contributed by atoms with Gasteiger partial charge in [0.1, 0.15) is 13.2 Å². The first-order valence-corrected chi connectivity index (χ1v) is 4.51. The molecule has 2 radical (unpaired) electrons. The molecule has 2 N–H and O–H groups in total. The second-order valence-electron chi connectivity index (χ2n) is 2.77. The smallest absolute Gasteiger partial charge is 0.411 e. The molecule has 0 aromatic heterocycles. The van der Waals surface area contributed by atoms with Crippen molar-refractivity contribution in [2.24, 2.45) is 0 Å². The Bertz CT molecular complexity index is 368. The topological polar surface area (TPSA) is 87.3 Å². The number of nitrogens with one attached hydrogen (secondary N) is 2. The van der Waals surface area contributed by atoms with E-state index >= 15 is 0 Å². The summed E-state index contributed by atoms with van der Waals surface area (Å²) >= 11 is 0. The SMILES string of the molecule is [O]CCOC(=O)Nc1cccc(N[C]=O)c1. The minimum absolute atomic E-state index is 0.175. The van der Waals surface area contributed by atoms with Crippen LogP contribution in [-0.4, -0.2) is 25.7 Å². The van der Waals surface area contributed by atoms with Crippen LogP contribution in [-0.2, 0) is 14.6 Å². The molecule has 0 saturated carbocycles. The molecule has 0 unspecified atom stereocenters. The zero-order valence-corrected chi connectivity index (χ0v) is 8.36. The van der Waals surface area contributed by atoms with Crippen LogP contribution in [0.3, 0.4) is 0 Å². The molecule has 1 aromatic carbocycles. The average Bonchev–Trinajstić information content (AvgIpc) is 2.27. The molecule has 1 aromatic rings. The number of carbonyl (C=O) groups is 1. The second kappa shape index (κ2) is 6.41. The Balaban J connectivity index is 2.55. The summed E-state index contributed by atoms with van der Waals surface area (Å²) in [5, 5.41) is 14.8. The first-order chi connectivity index (χ1) is 7.76. The minimum atomic E-state index is -0.705. The fraction of sp³-hybridized carbons (Fsp3) is 0.200. The Morgan fingerprint density at radius 2 is 2.12 bits per heavy atom. The lowest BCUT2D eigenvalue weighted by molar-refractivity contribution is 0.101. The third kappa shape index (κ3) is 3.97. The van der Waals surface area contributed by atoms with E-state index in [1.165, 1.54) is 12.5 Å². The summed E-state index contributed by atoms with van der Waals surface area (Å²) in [4.78, 5) is 21.1.